The Hall–Kier alpha value is -1.76. The van der Waals surface area contributed by atoms with Gasteiger partial charge in [-0.25, -0.2) is 9.18 Å². The van der Waals surface area contributed by atoms with Crippen LogP contribution < -0.4 is 5.12 Å². The van der Waals surface area contributed by atoms with E-state index >= 15 is 8.78 Å². The van der Waals surface area contributed by atoms with Crippen LogP contribution in [0.1, 0.15) is 40.0 Å². The molecule has 29 heavy (non-hydrogen) atoms. The Morgan fingerprint density at radius 3 is 1.83 bits per heavy atom. The van der Waals surface area contributed by atoms with Crippen molar-refractivity contribution >= 4 is 20.5 Å². The molecular formula is C17H25F5N2O4Si. The molecule has 1 rings (SSSR count). The number of benzene rings is 1. The molecule has 166 valence electrons. The Morgan fingerprint density at radius 1 is 0.966 bits per heavy atom. The van der Waals surface area contributed by atoms with E-state index in [1.807, 2.05) is 0 Å². The van der Waals surface area contributed by atoms with Crippen molar-refractivity contribution < 1.29 is 40.2 Å². The van der Waals surface area contributed by atoms with Gasteiger partial charge in [-0.05, 0) is 31.4 Å². The Morgan fingerprint density at radius 2 is 1.41 bits per heavy atom. The normalized spacial score (nSPS) is 12.1. The standard InChI is InChI=1S/C17H25F5N2O4Si/c1-4-11-26-29(27-12-5-2,28-13-6-3)17(19,20)24(22)16(25)23(21)15-10-8-7-9-14(15)18/h7-10H,4-6,11-13H2,1-3H3. The van der Waals surface area contributed by atoms with Gasteiger partial charge in [0.25, 0.3) is 0 Å². The van der Waals surface area contributed by atoms with Crippen molar-refractivity contribution in [3.63, 3.8) is 0 Å². The van der Waals surface area contributed by atoms with Gasteiger partial charge in [-0.2, -0.15) is 8.78 Å². The lowest BCUT2D eigenvalue weighted by molar-refractivity contribution is -0.193. The zero-order chi connectivity index (χ0) is 22.1. The maximum atomic E-state index is 15.1. The Labute approximate surface area is 167 Å². The highest BCUT2D eigenvalue weighted by Crippen LogP contribution is 2.36. The molecule has 0 bridgehead atoms. The molecule has 0 saturated heterocycles. The Balaban J connectivity index is 3.26. The molecule has 2 amide bonds. The highest BCUT2D eigenvalue weighted by molar-refractivity contribution is 6.63. The van der Waals surface area contributed by atoms with Crippen LogP contribution in [0.3, 0.4) is 0 Å². The zero-order valence-corrected chi connectivity index (χ0v) is 17.5. The summed E-state index contributed by atoms with van der Waals surface area (Å²) >= 11 is 0. The first-order valence-corrected chi connectivity index (χ1v) is 10.9. The van der Waals surface area contributed by atoms with E-state index in [1.165, 1.54) is 6.07 Å². The molecule has 0 radical (unpaired) electrons. The molecule has 0 spiro atoms. The van der Waals surface area contributed by atoms with Gasteiger partial charge >= 0.3 is 20.5 Å². The van der Waals surface area contributed by atoms with Crippen molar-refractivity contribution in [3.05, 3.63) is 30.1 Å². The predicted octanol–water partition coefficient (Wildman–Crippen LogP) is 5.17. The van der Waals surface area contributed by atoms with Crippen LogP contribution in [0.15, 0.2) is 24.3 Å². The summed E-state index contributed by atoms with van der Waals surface area (Å²) in [7, 11) is -5.16. The van der Waals surface area contributed by atoms with Crippen LogP contribution in [-0.4, -0.2) is 45.4 Å². The number of nitrogens with zero attached hydrogens (tertiary/aromatic N) is 2. The number of anilines is 1. The lowest BCUT2D eigenvalue weighted by Gasteiger charge is -2.37. The second kappa shape index (κ2) is 11.4. The molecule has 1 aromatic carbocycles. The van der Waals surface area contributed by atoms with Crippen LogP contribution >= 0.6 is 0 Å². The highest BCUT2D eigenvalue weighted by Gasteiger charge is 2.71. The summed E-state index contributed by atoms with van der Waals surface area (Å²) < 4.78 is 87.9. The third kappa shape index (κ3) is 5.87. The maximum Gasteiger partial charge on any atom is 0.603 e. The van der Waals surface area contributed by atoms with Crippen LogP contribution in [-0.2, 0) is 13.3 Å². The molecule has 0 aliphatic carbocycles. The fraction of sp³-hybridized carbons (Fsp3) is 0.588. The second-order valence-corrected chi connectivity index (χ2v) is 8.52. The van der Waals surface area contributed by atoms with Crippen LogP contribution in [0, 0.1) is 5.82 Å². The molecule has 0 heterocycles. The molecule has 1 aromatic rings. The van der Waals surface area contributed by atoms with Gasteiger partial charge in [0, 0.05) is 19.8 Å². The third-order valence-corrected chi connectivity index (χ3v) is 6.19. The lowest BCUT2D eigenvalue weighted by Crippen LogP contribution is -2.68. The lowest BCUT2D eigenvalue weighted by atomic mass is 10.3. The van der Waals surface area contributed by atoms with Gasteiger partial charge in [-0.3, -0.25) is 0 Å². The SMILES string of the molecule is CCCO[Si](OCCC)(OCCC)C(F)(F)N(F)C(=O)N(F)c1ccccc1F. The molecule has 0 unspecified atom stereocenters. The van der Waals surface area contributed by atoms with Crippen molar-refractivity contribution in [1.29, 1.82) is 0 Å². The number of carbonyl (C=O) groups excluding carboxylic acids is 1. The number of hydrogen-bond donors (Lipinski definition) is 0. The Kier molecular flexibility index (Phi) is 9.96. The average molecular weight is 444 g/mol. The van der Waals surface area contributed by atoms with Crippen molar-refractivity contribution in [3.8, 4) is 0 Å². The fourth-order valence-corrected chi connectivity index (χ4v) is 4.65. The predicted molar refractivity (Wildman–Crippen MR) is 97.8 cm³/mol. The van der Waals surface area contributed by atoms with E-state index in [1.54, 1.807) is 20.8 Å². The molecule has 0 aliphatic rings. The molecule has 0 N–H and O–H groups in total. The van der Waals surface area contributed by atoms with Crippen LogP contribution in [0.25, 0.3) is 0 Å². The van der Waals surface area contributed by atoms with Gasteiger partial charge in [0.15, 0.2) is 0 Å². The summed E-state index contributed by atoms with van der Waals surface area (Å²) in [5.41, 5.74) is -5.79. The van der Waals surface area contributed by atoms with Crippen molar-refractivity contribution in [1.82, 2.24) is 5.12 Å². The number of rotatable bonds is 12. The van der Waals surface area contributed by atoms with Crippen LogP contribution in [0.5, 0.6) is 0 Å². The maximum absolute atomic E-state index is 15.1. The van der Waals surface area contributed by atoms with E-state index < -0.39 is 42.3 Å². The van der Waals surface area contributed by atoms with Gasteiger partial charge in [-0.1, -0.05) is 47.0 Å². The van der Waals surface area contributed by atoms with Crippen molar-refractivity contribution in [2.45, 2.75) is 45.7 Å². The summed E-state index contributed by atoms with van der Waals surface area (Å²) in [6.45, 7) is 4.09. The summed E-state index contributed by atoms with van der Waals surface area (Å²) in [4.78, 5) is 12.0. The van der Waals surface area contributed by atoms with Gasteiger partial charge in [0.1, 0.15) is 11.5 Å². The quantitative estimate of drug-likeness (QED) is 0.193. The van der Waals surface area contributed by atoms with Gasteiger partial charge in [-0.15, -0.1) is 5.12 Å². The Bertz CT molecular complexity index is 634. The molecule has 0 saturated carbocycles. The largest absolute Gasteiger partial charge is 0.603 e. The van der Waals surface area contributed by atoms with E-state index in [0.29, 0.717) is 0 Å². The molecule has 12 heteroatoms. The number of amides is 2. The molecule has 6 nitrogen and oxygen atoms in total. The number of alkyl halides is 2. The number of hydrogen-bond acceptors (Lipinski definition) is 4. The third-order valence-electron chi connectivity index (χ3n) is 3.50. The monoisotopic (exact) mass is 444 g/mol. The van der Waals surface area contributed by atoms with Crippen molar-refractivity contribution in [2.75, 3.05) is 24.9 Å². The number of halogens is 5. The minimum atomic E-state index is -5.16. The number of urea groups is 1. The molecule has 0 atom stereocenters. The molecule has 0 aromatic heterocycles. The van der Waals surface area contributed by atoms with E-state index in [4.69, 9.17) is 13.3 Å². The van der Waals surface area contributed by atoms with E-state index in [9.17, 15) is 18.1 Å². The first kappa shape index (κ1) is 25.3. The summed E-state index contributed by atoms with van der Waals surface area (Å²) in [5.74, 6) is -1.24. The molecule has 0 fully saturated rings. The zero-order valence-electron chi connectivity index (χ0n) is 16.5. The summed E-state index contributed by atoms with van der Waals surface area (Å²) in [5, 5.41) is -2.71. The second-order valence-electron chi connectivity index (χ2n) is 5.94. The van der Waals surface area contributed by atoms with Gasteiger partial charge < -0.3 is 13.3 Å². The topological polar surface area (TPSA) is 51.2 Å². The minimum absolute atomic E-state index is 0.260. The van der Waals surface area contributed by atoms with E-state index in [-0.39, 0.29) is 39.1 Å². The van der Waals surface area contributed by atoms with Gasteiger partial charge in [0.05, 0.1) is 0 Å². The van der Waals surface area contributed by atoms with Crippen molar-refractivity contribution in [2.24, 2.45) is 0 Å². The summed E-state index contributed by atoms with van der Waals surface area (Å²) in [6, 6.07) is 1.47. The first-order valence-electron chi connectivity index (χ1n) is 9.18. The first-order chi connectivity index (χ1) is 13.7. The fourth-order valence-electron chi connectivity index (χ4n) is 2.13. The smallest absolute Gasteiger partial charge is 0.369 e. The van der Waals surface area contributed by atoms with E-state index in [0.717, 1.165) is 18.2 Å². The molecular weight excluding hydrogens is 419 g/mol. The summed E-state index contributed by atoms with van der Waals surface area (Å²) in [6.07, 6.45) is 0.835. The highest BCUT2D eigenvalue weighted by atomic mass is 28.4. The van der Waals surface area contributed by atoms with Gasteiger partial charge in [0.2, 0.25) is 0 Å². The van der Waals surface area contributed by atoms with E-state index in [2.05, 4.69) is 0 Å². The van der Waals surface area contributed by atoms with Crippen LogP contribution in [0.2, 0.25) is 0 Å². The average Bonchev–Trinajstić information content (AvgIpc) is 2.72. The molecule has 0 aliphatic heterocycles. The van der Waals surface area contributed by atoms with Crippen LogP contribution in [0.4, 0.5) is 32.6 Å². The number of para-hydroxylation sites is 1. The minimum Gasteiger partial charge on any atom is -0.369 e. The number of carbonyl (C=O) groups is 1.